The third-order valence-corrected chi connectivity index (χ3v) is 4.65. The maximum Gasteiger partial charge on any atom is 0.295 e. The van der Waals surface area contributed by atoms with E-state index >= 15 is 0 Å². The van der Waals surface area contributed by atoms with Crippen molar-refractivity contribution in [1.82, 2.24) is 14.9 Å². The van der Waals surface area contributed by atoms with E-state index in [1.165, 1.54) is 6.07 Å². The molecule has 1 heterocycles. The number of nitrogens with one attached hydrogen (secondary N) is 2. The molecule has 3 rings (SSSR count). The van der Waals surface area contributed by atoms with Gasteiger partial charge in [0.1, 0.15) is 12.4 Å². The van der Waals surface area contributed by atoms with Gasteiger partial charge in [-0.25, -0.2) is 13.8 Å². The summed E-state index contributed by atoms with van der Waals surface area (Å²) in [5.41, 5.74) is 1.75. The fourth-order valence-corrected chi connectivity index (χ4v) is 2.94. The number of fused-ring (bicyclic) bond motifs is 1. The molecule has 3 aromatic rings. The van der Waals surface area contributed by atoms with Gasteiger partial charge in [0.05, 0.1) is 11.0 Å². The fraction of sp³-hybridized carbons (Fsp3) is 0.333. The van der Waals surface area contributed by atoms with Crippen LogP contribution in [0.4, 0.5) is 14.5 Å². The first-order chi connectivity index (χ1) is 14.0. The van der Waals surface area contributed by atoms with Crippen LogP contribution in [0.1, 0.15) is 36.5 Å². The van der Waals surface area contributed by atoms with Crippen molar-refractivity contribution < 1.29 is 18.3 Å². The second kappa shape index (κ2) is 9.47. The van der Waals surface area contributed by atoms with Crippen molar-refractivity contribution in [1.29, 1.82) is 0 Å². The molecule has 0 aliphatic heterocycles. The molecule has 0 aliphatic rings. The van der Waals surface area contributed by atoms with Crippen LogP contribution in [0.5, 0.6) is 5.75 Å². The van der Waals surface area contributed by atoms with E-state index in [2.05, 4.69) is 34.0 Å². The molecule has 1 amide bonds. The fourth-order valence-electron chi connectivity index (χ4n) is 2.94. The molecular weight excluding hydrogens is 378 g/mol. The Morgan fingerprint density at radius 1 is 1.17 bits per heavy atom. The summed E-state index contributed by atoms with van der Waals surface area (Å²) in [4.78, 5) is 21.1. The van der Waals surface area contributed by atoms with Crippen LogP contribution in [-0.4, -0.2) is 47.0 Å². The molecular formula is C21H24F2N4O2. The molecule has 2 aromatic carbocycles. The molecule has 0 aliphatic carbocycles. The van der Waals surface area contributed by atoms with Crippen molar-refractivity contribution in [3.63, 3.8) is 0 Å². The Kier molecular flexibility index (Phi) is 6.77. The number of benzene rings is 2. The largest absolute Gasteiger partial charge is 0.492 e. The number of carbonyl (C=O) groups excluding carboxylic acids is 1. The third-order valence-electron chi connectivity index (χ3n) is 4.65. The highest BCUT2D eigenvalue weighted by Gasteiger charge is 2.14. The van der Waals surface area contributed by atoms with Gasteiger partial charge in [0.2, 0.25) is 0 Å². The average Bonchev–Trinajstić information content (AvgIpc) is 3.16. The summed E-state index contributed by atoms with van der Waals surface area (Å²) in [6.07, 6.45) is -2.69. The second-order valence-corrected chi connectivity index (χ2v) is 6.51. The van der Waals surface area contributed by atoms with Crippen LogP contribution in [0.15, 0.2) is 42.5 Å². The number of likely N-dealkylation sites (N-methyl/N-ethyl adjacent to an activating group) is 1. The average molecular weight is 402 g/mol. The van der Waals surface area contributed by atoms with Crippen molar-refractivity contribution in [3.8, 4) is 5.75 Å². The summed E-state index contributed by atoms with van der Waals surface area (Å²) in [5, 5.41) is 2.79. The second-order valence-electron chi connectivity index (χ2n) is 6.51. The van der Waals surface area contributed by atoms with Crippen LogP contribution < -0.4 is 10.1 Å². The van der Waals surface area contributed by atoms with E-state index in [0.29, 0.717) is 28.9 Å². The molecule has 0 saturated carbocycles. The molecule has 29 heavy (non-hydrogen) atoms. The van der Waals surface area contributed by atoms with Crippen LogP contribution in [0, 0.1) is 0 Å². The minimum absolute atomic E-state index is 0.338. The Balaban J connectivity index is 1.59. The zero-order valence-corrected chi connectivity index (χ0v) is 16.4. The Hall–Kier alpha value is -3.00. The number of hydrogen-bond acceptors (Lipinski definition) is 4. The van der Waals surface area contributed by atoms with Crippen LogP contribution in [0.25, 0.3) is 11.0 Å². The summed E-state index contributed by atoms with van der Waals surface area (Å²) in [7, 11) is 0. The first-order valence-corrected chi connectivity index (χ1v) is 9.54. The number of ether oxygens (including phenoxy) is 1. The highest BCUT2D eigenvalue weighted by atomic mass is 19.3. The number of alkyl halides is 2. The molecule has 0 saturated heterocycles. The number of H-pyrrole nitrogens is 1. The van der Waals surface area contributed by atoms with Gasteiger partial charge in [-0.3, -0.25) is 4.79 Å². The zero-order chi connectivity index (χ0) is 20.8. The normalized spacial score (nSPS) is 11.4. The summed E-state index contributed by atoms with van der Waals surface area (Å²) in [5.74, 6) is -0.0157. The maximum atomic E-state index is 12.8. The van der Waals surface area contributed by atoms with Crippen LogP contribution in [0.2, 0.25) is 0 Å². The SMILES string of the molecule is CCN(CC)CCOc1ccc(NC(=O)c2ccc3nc(C(F)F)[nH]c3c2)cc1. The number of anilines is 1. The molecule has 8 heteroatoms. The minimum atomic E-state index is -2.69. The van der Waals surface area contributed by atoms with E-state index in [1.54, 1.807) is 36.4 Å². The van der Waals surface area contributed by atoms with Gasteiger partial charge in [-0.1, -0.05) is 13.8 Å². The minimum Gasteiger partial charge on any atom is -0.492 e. The summed E-state index contributed by atoms with van der Waals surface area (Å²) < 4.78 is 31.2. The molecule has 154 valence electrons. The number of hydrogen-bond donors (Lipinski definition) is 2. The van der Waals surface area contributed by atoms with Gasteiger partial charge in [-0.05, 0) is 55.6 Å². The number of rotatable bonds is 9. The third kappa shape index (κ3) is 5.29. The van der Waals surface area contributed by atoms with Gasteiger partial charge >= 0.3 is 0 Å². The molecule has 0 spiro atoms. The number of carbonyl (C=O) groups is 1. The van der Waals surface area contributed by atoms with Gasteiger partial charge in [0.15, 0.2) is 5.82 Å². The zero-order valence-electron chi connectivity index (χ0n) is 16.4. The predicted molar refractivity (Wildman–Crippen MR) is 109 cm³/mol. The highest BCUT2D eigenvalue weighted by Crippen LogP contribution is 2.21. The van der Waals surface area contributed by atoms with Gasteiger partial charge in [0.25, 0.3) is 12.3 Å². The van der Waals surface area contributed by atoms with E-state index in [-0.39, 0.29) is 5.91 Å². The van der Waals surface area contributed by atoms with Crippen LogP contribution in [-0.2, 0) is 0 Å². The monoisotopic (exact) mass is 402 g/mol. The summed E-state index contributed by atoms with van der Waals surface area (Å²) >= 11 is 0. The Morgan fingerprint density at radius 3 is 2.55 bits per heavy atom. The van der Waals surface area contributed by atoms with Crippen molar-refractivity contribution in [2.24, 2.45) is 0 Å². The Morgan fingerprint density at radius 2 is 1.90 bits per heavy atom. The van der Waals surface area contributed by atoms with Gasteiger partial charge in [-0.2, -0.15) is 0 Å². The van der Waals surface area contributed by atoms with E-state index in [0.717, 1.165) is 25.4 Å². The standard InChI is InChI=1S/C21H24F2N4O2/c1-3-27(4-2)11-12-29-16-8-6-15(7-9-16)24-21(28)14-5-10-17-18(13-14)26-20(25-17)19(22)23/h5-10,13,19H,3-4,11-12H2,1-2H3,(H,24,28)(H,25,26). The lowest BCUT2D eigenvalue weighted by atomic mass is 10.2. The molecule has 2 N–H and O–H groups in total. The lowest BCUT2D eigenvalue weighted by molar-refractivity contribution is 0.102. The van der Waals surface area contributed by atoms with Gasteiger partial charge in [0, 0.05) is 17.8 Å². The quantitative estimate of drug-likeness (QED) is 0.554. The Labute approximate surface area is 167 Å². The number of aromatic nitrogens is 2. The van der Waals surface area contributed by atoms with Crippen LogP contribution >= 0.6 is 0 Å². The summed E-state index contributed by atoms with van der Waals surface area (Å²) in [6.45, 7) is 7.65. The smallest absolute Gasteiger partial charge is 0.295 e. The topological polar surface area (TPSA) is 70.2 Å². The first-order valence-electron chi connectivity index (χ1n) is 9.54. The van der Waals surface area contributed by atoms with E-state index < -0.39 is 12.2 Å². The number of nitrogens with zero attached hydrogens (tertiary/aromatic N) is 2. The molecule has 1 aromatic heterocycles. The highest BCUT2D eigenvalue weighted by molar-refractivity contribution is 6.05. The molecule has 0 radical (unpaired) electrons. The number of imidazole rings is 1. The van der Waals surface area contributed by atoms with Crippen molar-refractivity contribution in [2.75, 3.05) is 31.6 Å². The van der Waals surface area contributed by atoms with Crippen molar-refractivity contribution in [3.05, 3.63) is 53.9 Å². The lowest BCUT2D eigenvalue weighted by Crippen LogP contribution is -2.27. The predicted octanol–water partition coefficient (Wildman–Crippen LogP) is 4.47. The maximum absolute atomic E-state index is 12.8. The van der Waals surface area contributed by atoms with Crippen molar-refractivity contribution >= 4 is 22.6 Å². The van der Waals surface area contributed by atoms with E-state index in [1.807, 2.05) is 0 Å². The molecule has 0 bridgehead atoms. The van der Waals surface area contributed by atoms with Gasteiger partial charge in [-0.15, -0.1) is 0 Å². The first kappa shape index (κ1) is 20.7. The molecule has 0 atom stereocenters. The summed E-state index contributed by atoms with van der Waals surface area (Å²) in [6, 6.07) is 11.7. The number of aromatic amines is 1. The van der Waals surface area contributed by atoms with Crippen LogP contribution in [0.3, 0.4) is 0 Å². The number of halogens is 2. The molecule has 6 nitrogen and oxygen atoms in total. The molecule has 0 fully saturated rings. The van der Waals surface area contributed by atoms with Crippen molar-refractivity contribution in [2.45, 2.75) is 20.3 Å². The van der Waals surface area contributed by atoms with Gasteiger partial charge < -0.3 is 19.9 Å². The van der Waals surface area contributed by atoms with E-state index in [9.17, 15) is 13.6 Å². The van der Waals surface area contributed by atoms with E-state index in [4.69, 9.17) is 4.74 Å². The molecule has 0 unspecified atom stereocenters. The lowest BCUT2D eigenvalue weighted by Gasteiger charge is -2.18. The number of amides is 1. The Bertz CT molecular complexity index is 953.